The molecule has 1 saturated heterocycles. The van der Waals surface area contributed by atoms with Gasteiger partial charge in [-0.1, -0.05) is 24.3 Å². The molecule has 1 aromatic heterocycles. The van der Waals surface area contributed by atoms with Gasteiger partial charge in [-0.25, -0.2) is 4.39 Å². The van der Waals surface area contributed by atoms with E-state index in [0.717, 1.165) is 5.69 Å². The summed E-state index contributed by atoms with van der Waals surface area (Å²) in [5.74, 6) is -0.268. The highest BCUT2D eigenvalue weighted by Crippen LogP contribution is 2.23. The number of nitrogens with zero attached hydrogens (tertiary/aromatic N) is 1. The maximum atomic E-state index is 13.7. The maximum Gasteiger partial charge on any atom is 0.243 e. The van der Waals surface area contributed by atoms with Crippen molar-refractivity contribution in [2.75, 3.05) is 12.3 Å². The molecule has 2 aromatic rings. The van der Waals surface area contributed by atoms with Crippen molar-refractivity contribution in [3.8, 4) is 0 Å². The van der Waals surface area contributed by atoms with Gasteiger partial charge in [0.2, 0.25) is 11.8 Å². The first kappa shape index (κ1) is 18.4. The predicted octanol–water partition coefficient (Wildman–Crippen LogP) is 1.72. The van der Waals surface area contributed by atoms with E-state index in [1.54, 1.807) is 24.4 Å². The number of halogens is 1. The zero-order valence-electron chi connectivity index (χ0n) is 14.2. The first-order valence-corrected chi connectivity index (χ1v) is 9.51. The minimum absolute atomic E-state index is 0.203. The maximum absolute atomic E-state index is 13.7. The number of thioether (sulfide) groups is 1. The van der Waals surface area contributed by atoms with Crippen molar-refractivity contribution < 1.29 is 14.0 Å². The summed E-state index contributed by atoms with van der Waals surface area (Å²) in [6.45, 7) is 0.464. The zero-order valence-corrected chi connectivity index (χ0v) is 15.0. The summed E-state index contributed by atoms with van der Waals surface area (Å²) in [7, 11) is 0. The van der Waals surface area contributed by atoms with Crippen molar-refractivity contribution in [2.45, 2.75) is 24.1 Å². The third-order valence-corrected chi connectivity index (χ3v) is 5.47. The Morgan fingerprint density at radius 2 is 2.08 bits per heavy atom. The van der Waals surface area contributed by atoms with Crippen LogP contribution in [0.5, 0.6) is 0 Å². The molecule has 5 nitrogen and oxygen atoms in total. The molecule has 0 radical (unpaired) electrons. The third-order valence-electron chi connectivity index (χ3n) is 4.16. The van der Waals surface area contributed by atoms with Gasteiger partial charge in [0.1, 0.15) is 11.9 Å². The summed E-state index contributed by atoms with van der Waals surface area (Å²) >= 11 is 1.39. The molecule has 3 rings (SSSR count). The molecule has 2 N–H and O–H groups in total. The molecule has 7 heteroatoms. The molecule has 0 bridgehead atoms. The fourth-order valence-corrected chi connectivity index (χ4v) is 3.91. The van der Waals surface area contributed by atoms with Crippen LogP contribution in [0, 0.1) is 5.82 Å². The molecule has 26 heavy (non-hydrogen) atoms. The number of pyridine rings is 1. The molecule has 2 amide bonds. The van der Waals surface area contributed by atoms with E-state index in [4.69, 9.17) is 0 Å². The Morgan fingerprint density at radius 1 is 1.27 bits per heavy atom. The SMILES string of the molecule is O=C(NCCc1ccccn1)[C@H]1CS[C@H](Cc2ccccc2F)C(=O)N1. The van der Waals surface area contributed by atoms with Crippen molar-refractivity contribution in [3.05, 3.63) is 65.7 Å². The molecule has 136 valence electrons. The summed E-state index contributed by atoms with van der Waals surface area (Å²) in [5, 5.41) is 5.19. The van der Waals surface area contributed by atoms with Crippen molar-refractivity contribution in [1.82, 2.24) is 15.6 Å². The summed E-state index contributed by atoms with van der Waals surface area (Å²) in [6, 6.07) is 11.5. The fourth-order valence-electron chi connectivity index (χ4n) is 2.73. The fraction of sp³-hybridized carbons (Fsp3) is 0.316. The van der Waals surface area contributed by atoms with Gasteiger partial charge in [-0.15, -0.1) is 11.8 Å². The summed E-state index contributed by atoms with van der Waals surface area (Å²) < 4.78 is 13.7. The second-order valence-corrected chi connectivity index (χ2v) is 7.28. The lowest BCUT2D eigenvalue weighted by molar-refractivity contribution is -0.128. The van der Waals surface area contributed by atoms with Gasteiger partial charge in [-0.3, -0.25) is 14.6 Å². The summed E-state index contributed by atoms with van der Waals surface area (Å²) in [6.07, 6.45) is 2.67. The lowest BCUT2D eigenvalue weighted by Crippen LogP contribution is -2.54. The van der Waals surface area contributed by atoms with E-state index in [1.807, 2.05) is 18.2 Å². The van der Waals surface area contributed by atoms with Crippen LogP contribution in [0.2, 0.25) is 0 Å². The van der Waals surface area contributed by atoms with Crippen LogP contribution < -0.4 is 10.6 Å². The van der Waals surface area contributed by atoms with E-state index in [1.165, 1.54) is 17.8 Å². The van der Waals surface area contributed by atoms with Gasteiger partial charge in [0.05, 0.1) is 5.25 Å². The van der Waals surface area contributed by atoms with Crippen LogP contribution in [-0.2, 0) is 22.4 Å². The molecule has 2 atom stereocenters. The van der Waals surface area contributed by atoms with Gasteiger partial charge in [0.25, 0.3) is 0 Å². The number of carbonyl (C=O) groups excluding carboxylic acids is 2. The number of hydrogen-bond donors (Lipinski definition) is 2. The molecule has 1 aliphatic rings. The normalized spacial score (nSPS) is 19.7. The summed E-state index contributed by atoms with van der Waals surface area (Å²) in [5.41, 5.74) is 1.42. The van der Waals surface area contributed by atoms with Crippen LogP contribution in [0.1, 0.15) is 11.3 Å². The van der Waals surface area contributed by atoms with E-state index >= 15 is 0 Å². The van der Waals surface area contributed by atoms with Gasteiger partial charge >= 0.3 is 0 Å². The predicted molar refractivity (Wildman–Crippen MR) is 99.2 cm³/mol. The lowest BCUT2D eigenvalue weighted by atomic mass is 10.1. The van der Waals surface area contributed by atoms with Crippen LogP contribution in [0.15, 0.2) is 48.7 Å². The number of benzene rings is 1. The second-order valence-electron chi connectivity index (χ2n) is 6.04. The molecular weight excluding hydrogens is 353 g/mol. The molecular formula is C19H20FN3O2S. The zero-order chi connectivity index (χ0) is 18.4. The number of carbonyl (C=O) groups is 2. The van der Waals surface area contributed by atoms with Gasteiger partial charge in [0, 0.05) is 30.6 Å². The quantitative estimate of drug-likeness (QED) is 0.809. The van der Waals surface area contributed by atoms with Crippen molar-refractivity contribution in [3.63, 3.8) is 0 Å². The van der Waals surface area contributed by atoms with Crippen molar-refractivity contribution in [1.29, 1.82) is 0 Å². The number of amides is 2. The summed E-state index contributed by atoms with van der Waals surface area (Å²) in [4.78, 5) is 28.7. The topological polar surface area (TPSA) is 71.1 Å². The first-order chi connectivity index (χ1) is 12.6. The van der Waals surface area contributed by atoms with Gasteiger partial charge < -0.3 is 10.6 Å². The Bertz CT molecular complexity index is 772. The highest BCUT2D eigenvalue weighted by molar-refractivity contribution is 8.00. The largest absolute Gasteiger partial charge is 0.354 e. The van der Waals surface area contributed by atoms with E-state index in [2.05, 4.69) is 15.6 Å². The number of rotatable bonds is 6. The molecule has 1 fully saturated rings. The average Bonchev–Trinajstić information content (AvgIpc) is 2.66. The molecule has 1 aliphatic heterocycles. The Balaban J connectivity index is 1.46. The molecule has 0 saturated carbocycles. The van der Waals surface area contributed by atoms with Crippen LogP contribution in [0.3, 0.4) is 0 Å². The lowest BCUT2D eigenvalue weighted by Gasteiger charge is -2.28. The Labute approximate surface area is 155 Å². The van der Waals surface area contributed by atoms with Gasteiger partial charge in [-0.2, -0.15) is 0 Å². The first-order valence-electron chi connectivity index (χ1n) is 8.46. The van der Waals surface area contributed by atoms with E-state index in [-0.39, 0.29) is 22.9 Å². The number of nitrogens with one attached hydrogen (secondary N) is 2. The van der Waals surface area contributed by atoms with Gasteiger partial charge in [-0.05, 0) is 30.2 Å². The minimum Gasteiger partial charge on any atom is -0.354 e. The molecule has 0 aliphatic carbocycles. The smallest absolute Gasteiger partial charge is 0.243 e. The van der Waals surface area contributed by atoms with E-state index in [9.17, 15) is 14.0 Å². The van der Waals surface area contributed by atoms with Crippen LogP contribution in [-0.4, -0.2) is 40.4 Å². The second kappa shape index (κ2) is 8.80. The molecule has 1 aromatic carbocycles. The van der Waals surface area contributed by atoms with Crippen molar-refractivity contribution in [2.24, 2.45) is 0 Å². The molecule has 0 spiro atoms. The molecule has 0 unspecified atom stereocenters. The Kier molecular flexibility index (Phi) is 6.22. The van der Waals surface area contributed by atoms with Crippen LogP contribution in [0.4, 0.5) is 4.39 Å². The number of hydrogen-bond acceptors (Lipinski definition) is 4. The highest BCUT2D eigenvalue weighted by Gasteiger charge is 2.32. The third kappa shape index (κ3) is 4.82. The number of aromatic nitrogens is 1. The highest BCUT2D eigenvalue weighted by atomic mass is 32.2. The average molecular weight is 373 g/mol. The van der Waals surface area contributed by atoms with Crippen molar-refractivity contribution >= 4 is 23.6 Å². The molecule has 2 heterocycles. The Morgan fingerprint density at radius 3 is 2.81 bits per heavy atom. The van der Waals surface area contributed by atoms with E-state index in [0.29, 0.717) is 30.7 Å². The standard InChI is InChI=1S/C19H20FN3O2S/c20-15-7-2-1-5-13(15)11-17-19(25)23-16(12-26-17)18(24)22-10-8-14-6-3-4-9-21-14/h1-7,9,16-17H,8,10-12H2,(H,22,24)(H,23,25)/t16-,17-/m1/s1. The van der Waals surface area contributed by atoms with Gasteiger partial charge in [0.15, 0.2) is 0 Å². The van der Waals surface area contributed by atoms with Crippen LogP contribution >= 0.6 is 11.8 Å². The monoisotopic (exact) mass is 373 g/mol. The Hall–Kier alpha value is -2.41. The van der Waals surface area contributed by atoms with E-state index < -0.39 is 6.04 Å². The minimum atomic E-state index is -0.562. The van der Waals surface area contributed by atoms with Crippen LogP contribution in [0.25, 0.3) is 0 Å².